The fraction of sp³-hybridized carbons (Fsp3) is 0.500. The summed E-state index contributed by atoms with van der Waals surface area (Å²) in [4.78, 5) is 3.79. The molecular formula is C10H14ClN3O2S. The number of piperidine rings is 1. The van der Waals surface area contributed by atoms with Crippen LogP contribution in [0.2, 0.25) is 5.02 Å². The summed E-state index contributed by atoms with van der Waals surface area (Å²) in [6.07, 6.45) is 4.17. The molecule has 0 aromatic carbocycles. The van der Waals surface area contributed by atoms with Crippen molar-refractivity contribution in [3.63, 3.8) is 0 Å². The van der Waals surface area contributed by atoms with Gasteiger partial charge in [0.25, 0.3) is 0 Å². The molecular weight excluding hydrogens is 262 g/mol. The zero-order valence-corrected chi connectivity index (χ0v) is 10.8. The van der Waals surface area contributed by atoms with E-state index in [0.29, 0.717) is 13.1 Å². The van der Waals surface area contributed by atoms with Crippen molar-refractivity contribution < 1.29 is 8.42 Å². The van der Waals surface area contributed by atoms with Gasteiger partial charge < -0.3 is 5.73 Å². The lowest BCUT2D eigenvalue weighted by Crippen LogP contribution is -2.36. The summed E-state index contributed by atoms with van der Waals surface area (Å²) in [7, 11) is -3.55. The van der Waals surface area contributed by atoms with E-state index in [1.165, 1.54) is 16.6 Å². The quantitative estimate of drug-likeness (QED) is 0.887. The topological polar surface area (TPSA) is 76.3 Å². The van der Waals surface area contributed by atoms with Crippen molar-refractivity contribution >= 4 is 27.4 Å². The zero-order chi connectivity index (χ0) is 12.5. The number of nitrogen functional groups attached to an aromatic ring is 1. The summed E-state index contributed by atoms with van der Waals surface area (Å²) in [6, 6.07) is 1.35. The van der Waals surface area contributed by atoms with Crippen LogP contribution >= 0.6 is 11.6 Å². The van der Waals surface area contributed by atoms with Gasteiger partial charge in [-0.25, -0.2) is 13.4 Å². The first kappa shape index (κ1) is 12.6. The van der Waals surface area contributed by atoms with Crippen LogP contribution in [0.1, 0.15) is 19.3 Å². The summed E-state index contributed by atoms with van der Waals surface area (Å²) in [5.74, 6) is -0.0000246. The van der Waals surface area contributed by atoms with Crippen molar-refractivity contribution in [2.45, 2.75) is 24.2 Å². The van der Waals surface area contributed by atoms with Crippen molar-refractivity contribution in [3.8, 4) is 0 Å². The Morgan fingerprint density at radius 2 is 1.94 bits per heavy atom. The molecule has 5 nitrogen and oxygen atoms in total. The lowest BCUT2D eigenvalue weighted by Gasteiger charge is -2.26. The van der Waals surface area contributed by atoms with Gasteiger partial charge in [-0.1, -0.05) is 18.0 Å². The first-order valence-corrected chi connectivity index (χ1v) is 7.25. The van der Waals surface area contributed by atoms with Crippen LogP contribution < -0.4 is 5.73 Å². The highest BCUT2D eigenvalue weighted by Gasteiger charge is 2.28. The van der Waals surface area contributed by atoms with Crippen molar-refractivity contribution in [1.82, 2.24) is 9.29 Å². The van der Waals surface area contributed by atoms with Crippen LogP contribution in [0.25, 0.3) is 0 Å². The number of anilines is 1. The van der Waals surface area contributed by atoms with E-state index >= 15 is 0 Å². The Morgan fingerprint density at radius 1 is 1.29 bits per heavy atom. The minimum atomic E-state index is -3.55. The summed E-state index contributed by atoms with van der Waals surface area (Å²) in [5.41, 5.74) is 5.61. The van der Waals surface area contributed by atoms with Gasteiger partial charge in [0.05, 0.1) is 5.02 Å². The minimum Gasteiger partial charge on any atom is -0.383 e. The SMILES string of the molecule is Nc1ncc(Cl)cc1S(=O)(=O)N1CCCCC1. The number of sulfonamides is 1. The van der Waals surface area contributed by atoms with Gasteiger partial charge in [0.2, 0.25) is 10.0 Å². The molecule has 1 saturated heterocycles. The number of aromatic nitrogens is 1. The Morgan fingerprint density at radius 3 is 2.59 bits per heavy atom. The lowest BCUT2D eigenvalue weighted by molar-refractivity contribution is 0.347. The number of halogens is 1. The fourth-order valence-corrected chi connectivity index (χ4v) is 3.71. The van der Waals surface area contributed by atoms with Gasteiger partial charge in [-0.15, -0.1) is 0 Å². The van der Waals surface area contributed by atoms with E-state index in [9.17, 15) is 8.42 Å². The zero-order valence-electron chi connectivity index (χ0n) is 9.26. The van der Waals surface area contributed by atoms with E-state index in [1.807, 2.05) is 0 Å². The molecule has 0 unspecified atom stereocenters. The van der Waals surface area contributed by atoms with E-state index in [-0.39, 0.29) is 15.7 Å². The van der Waals surface area contributed by atoms with Gasteiger partial charge in [-0.3, -0.25) is 0 Å². The second-order valence-electron chi connectivity index (χ2n) is 4.00. The van der Waals surface area contributed by atoms with Gasteiger partial charge in [0, 0.05) is 19.3 Å². The van der Waals surface area contributed by atoms with Crippen LogP contribution in [-0.4, -0.2) is 30.8 Å². The van der Waals surface area contributed by atoms with Crippen LogP contribution in [0.5, 0.6) is 0 Å². The van der Waals surface area contributed by atoms with E-state index in [2.05, 4.69) is 4.98 Å². The van der Waals surface area contributed by atoms with Crippen molar-refractivity contribution in [2.75, 3.05) is 18.8 Å². The number of hydrogen-bond donors (Lipinski definition) is 1. The monoisotopic (exact) mass is 275 g/mol. The third-order valence-corrected chi connectivity index (χ3v) is 4.92. The molecule has 1 fully saturated rings. The predicted octanol–water partition coefficient (Wildman–Crippen LogP) is 1.49. The third kappa shape index (κ3) is 2.53. The second-order valence-corrected chi connectivity index (χ2v) is 6.34. The Kier molecular flexibility index (Phi) is 3.56. The summed E-state index contributed by atoms with van der Waals surface area (Å²) >= 11 is 5.76. The molecule has 0 saturated carbocycles. The first-order chi connectivity index (χ1) is 8.01. The molecule has 2 rings (SSSR count). The van der Waals surface area contributed by atoms with Crippen LogP contribution in [0.15, 0.2) is 17.2 Å². The van der Waals surface area contributed by atoms with E-state index < -0.39 is 10.0 Å². The predicted molar refractivity (Wildman–Crippen MR) is 66.3 cm³/mol. The number of nitrogens with two attached hydrogens (primary N) is 1. The highest BCUT2D eigenvalue weighted by atomic mass is 35.5. The van der Waals surface area contributed by atoms with E-state index in [1.54, 1.807) is 0 Å². The molecule has 1 aliphatic rings. The molecule has 7 heteroatoms. The fourth-order valence-electron chi connectivity index (χ4n) is 1.88. The van der Waals surface area contributed by atoms with Gasteiger partial charge >= 0.3 is 0 Å². The Labute approximate surface area is 106 Å². The molecule has 0 radical (unpaired) electrons. The molecule has 2 heterocycles. The van der Waals surface area contributed by atoms with Crippen LogP contribution in [-0.2, 0) is 10.0 Å². The maximum absolute atomic E-state index is 12.3. The van der Waals surface area contributed by atoms with Gasteiger partial charge in [-0.05, 0) is 18.9 Å². The van der Waals surface area contributed by atoms with Crippen molar-refractivity contribution in [1.29, 1.82) is 0 Å². The number of nitrogens with zero attached hydrogens (tertiary/aromatic N) is 2. The maximum atomic E-state index is 12.3. The average Bonchev–Trinajstić information content (AvgIpc) is 2.33. The highest BCUT2D eigenvalue weighted by Crippen LogP contribution is 2.25. The maximum Gasteiger partial charge on any atom is 0.246 e. The molecule has 17 heavy (non-hydrogen) atoms. The average molecular weight is 276 g/mol. The van der Waals surface area contributed by atoms with Gasteiger partial charge in [0.1, 0.15) is 10.7 Å². The summed E-state index contributed by atoms with van der Waals surface area (Å²) < 4.78 is 26.1. The number of hydrogen-bond acceptors (Lipinski definition) is 4. The van der Waals surface area contributed by atoms with Crippen molar-refractivity contribution in [2.24, 2.45) is 0 Å². The Bertz CT molecular complexity index is 512. The van der Waals surface area contributed by atoms with Gasteiger partial charge in [0.15, 0.2) is 0 Å². The van der Waals surface area contributed by atoms with Crippen LogP contribution in [0, 0.1) is 0 Å². The molecule has 0 amide bonds. The largest absolute Gasteiger partial charge is 0.383 e. The van der Waals surface area contributed by atoms with E-state index in [0.717, 1.165) is 19.3 Å². The molecule has 94 valence electrons. The molecule has 1 aromatic rings. The Hall–Kier alpha value is -0.850. The first-order valence-electron chi connectivity index (χ1n) is 5.43. The highest BCUT2D eigenvalue weighted by molar-refractivity contribution is 7.89. The lowest BCUT2D eigenvalue weighted by atomic mass is 10.2. The number of rotatable bonds is 2. The van der Waals surface area contributed by atoms with Crippen LogP contribution in [0.3, 0.4) is 0 Å². The normalized spacial score (nSPS) is 18.2. The molecule has 1 aromatic heterocycles. The molecule has 0 aliphatic carbocycles. The molecule has 1 aliphatic heterocycles. The Balaban J connectivity index is 2.40. The molecule has 0 spiro atoms. The summed E-state index contributed by atoms with van der Waals surface area (Å²) in [5, 5.41) is 0.273. The smallest absolute Gasteiger partial charge is 0.246 e. The summed E-state index contributed by atoms with van der Waals surface area (Å²) in [6.45, 7) is 1.07. The van der Waals surface area contributed by atoms with Crippen molar-refractivity contribution in [3.05, 3.63) is 17.3 Å². The van der Waals surface area contributed by atoms with Gasteiger partial charge in [-0.2, -0.15) is 4.31 Å². The number of pyridine rings is 1. The standard InChI is InChI=1S/C10H14ClN3O2S/c11-8-6-9(10(12)13-7-8)17(15,16)14-4-2-1-3-5-14/h6-7H,1-5H2,(H2,12,13). The molecule has 0 bridgehead atoms. The minimum absolute atomic E-state index is 0.0000246. The molecule has 2 N–H and O–H groups in total. The van der Waals surface area contributed by atoms with E-state index in [4.69, 9.17) is 17.3 Å². The van der Waals surface area contributed by atoms with Crippen LogP contribution in [0.4, 0.5) is 5.82 Å². The third-order valence-electron chi connectivity index (χ3n) is 2.78. The second kappa shape index (κ2) is 4.80. The molecule has 0 atom stereocenters.